The Labute approximate surface area is 107 Å². The van der Waals surface area contributed by atoms with Crippen LogP contribution in [0.3, 0.4) is 0 Å². The number of methoxy groups -OCH3 is 1. The molecule has 1 fully saturated rings. The number of carbonyl (C=O) groups excluding carboxylic acids is 1. The number of morpholine rings is 1. The van der Waals surface area contributed by atoms with Crippen LogP contribution in [0.1, 0.15) is 24.2 Å². The van der Waals surface area contributed by atoms with Gasteiger partial charge in [-0.2, -0.15) is 0 Å². The first-order valence-electron chi connectivity index (χ1n) is 6.04. The maximum Gasteiger partial charge on any atom is 0.255 e. The molecule has 1 aliphatic heterocycles. The molecule has 1 amide bonds. The number of carbonyl (C=O) groups is 1. The highest BCUT2D eigenvalue weighted by molar-refractivity contribution is 5.94. The molecule has 5 nitrogen and oxygen atoms in total. The van der Waals surface area contributed by atoms with E-state index in [0.29, 0.717) is 24.6 Å². The van der Waals surface area contributed by atoms with Gasteiger partial charge in [0.15, 0.2) is 0 Å². The summed E-state index contributed by atoms with van der Waals surface area (Å²) in [5, 5.41) is 0. The van der Waals surface area contributed by atoms with Gasteiger partial charge in [0.2, 0.25) is 5.88 Å². The minimum atomic E-state index is -0.00666. The van der Waals surface area contributed by atoms with Crippen molar-refractivity contribution in [2.75, 3.05) is 20.3 Å². The van der Waals surface area contributed by atoms with Gasteiger partial charge in [-0.25, -0.2) is 4.98 Å². The van der Waals surface area contributed by atoms with Crippen molar-refractivity contribution in [1.29, 1.82) is 0 Å². The highest BCUT2D eigenvalue weighted by Crippen LogP contribution is 2.16. The standard InChI is InChI=1S/C13H18N2O3/c1-9-8-18-10(2)7-15(9)13(16)11-4-5-12(17-3)14-6-11/h4-6,9-10H,7-8H2,1-3H3. The van der Waals surface area contributed by atoms with Gasteiger partial charge in [0.1, 0.15) is 0 Å². The van der Waals surface area contributed by atoms with Gasteiger partial charge in [-0.1, -0.05) is 0 Å². The Hall–Kier alpha value is -1.62. The zero-order valence-electron chi connectivity index (χ0n) is 10.9. The predicted molar refractivity (Wildman–Crippen MR) is 66.7 cm³/mol. The van der Waals surface area contributed by atoms with E-state index in [1.54, 1.807) is 25.4 Å². The van der Waals surface area contributed by atoms with Crippen molar-refractivity contribution in [3.8, 4) is 5.88 Å². The van der Waals surface area contributed by atoms with Crippen LogP contribution in [0.15, 0.2) is 18.3 Å². The number of pyridine rings is 1. The fraction of sp³-hybridized carbons (Fsp3) is 0.538. The Morgan fingerprint density at radius 2 is 2.28 bits per heavy atom. The Morgan fingerprint density at radius 1 is 1.50 bits per heavy atom. The van der Waals surface area contributed by atoms with E-state index in [-0.39, 0.29) is 18.1 Å². The quantitative estimate of drug-likeness (QED) is 0.794. The van der Waals surface area contributed by atoms with Gasteiger partial charge >= 0.3 is 0 Å². The molecule has 0 aliphatic carbocycles. The maximum atomic E-state index is 12.3. The van der Waals surface area contributed by atoms with E-state index in [0.717, 1.165) is 0 Å². The molecule has 0 aromatic carbocycles. The largest absolute Gasteiger partial charge is 0.481 e. The van der Waals surface area contributed by atoms with Crippen LogP contribution in [-0.2, 0) is 4.74 Å². The van der Waals surface area contributed by atoms with Crippen LogP contribution in [0, 0.1) is 0 Å². The summed E-state index contributed by atoms with van der Waals surface area (Å²) in [6.45, 7) is 5.15. The Kier molecular flexibility index (Phi) is 3.81. The summed E-state index contributed by atoms with van der Waals surface area (Å²) >= 11 is 0. The number of aromatic nitrogens is 1. The molecule has 2 unspecified atom stereocenters. The molecule has 5 heteroatoms. The Balaban J connectivity index is 2.13. The van der Waals surface area contributed by atoms with Crippen molar-refractivity contribution in [2.45, 2.75) is 26.0 Å². The minimum absolute atomic E-state index is 0.00666. The molecule has 18 heavy (non-hydrogen) atoms. The number of rotatable bonds is 2. The summed E-state index contributed by atoms with van der Waals surface area (Å²) in [5.41, 5.74) is 0.580. The van der Waals surface area contributed by atoms with Gasteiger partial charge in [0, 0.05) is 18.8 Å². The molecule has 98 valence electrons. The second kappa shape index (κ2) is 5.35. The van der Waals surface area contributed by atoms with Crippen LogP contribution in [0.4, 0.5) is 0 Å². The number of amides is 1. The number of ether oxygens (including phenoxy) is 2. The van der Waals surface area contributed by atoms with Crippen molar-refractivity contribution >= 4 is 5.91 Å². The predicted octanol–water partition coefficient (Wildman–Crippen LogP) is 1.34. The Bertz CT molecular complexity index is 419. The van der Waals surface area contributed by atoms with Crippen LogP contribution in [0.5, 0.6) is 5.88 Å². The summed E-state index contributed by atoms with van der Waals surface area (Å²) in [7, 11) is 1.55. The zero-order chi connectivity index (χ0) is 13.1. The summed E-state index contributed by atoms with van der Waals surface area (Å²) in [6, 6.07) is 3.53. The molecule has 0 saturated carbocycles. The van der Waals surface area contributed by atoms with Crippen LogP contribution in [0.25, 0.3) is 0 Å². The average Bonchev–Trinajstić information content (AvgIpc) is 2.41. The molecule has 0 radical (unpaired) electrons. The number of hydrogen-bond acceptors (Lipinski definition) is 4. The summed E-state index contributed by atoms with van der Waals surface area (Å²) in [4.78, 5) is 18.2. The van der Waals surface area contributed by atoms with Crippen LogP contribution in [-0.4, -0.2) is 48.2 Å². The molecule has 1 aromatic heterocycles. The first-order valence-corrected chi connectivity index (χ1v) is 6.04. The van der Waals surface area contributed by atoms with Gasteiger partial charge in [0.05, 0.1) is 31.4 Å². The second-order valence-electron chi connectivity index (χ2n) is 4.54. The van der Waals surface area contributed by atoms with E-state index in [2.05, 4.69) is 4.98 Å². The zero-order valence-corrected chi connectivity index (χ0v) is 10.9. The summed E-state index contributed by atoms with van der Waals surface area (Å²) in [5.74, 6) is 0.503. The highest BCUT2D eigenvalue weighted by atomic mass is 16.5. The molecule has 0 bridgehead atoms. The van der Waals surface area contributed by atoms with E-state index in [1.807, 2.05) is 18.7 Å². The molecular weight excluding hydrogens is 232 g/mol. The first kappa shape index (κ1) is 12.8. The van der Waals surface area contributed by atoms with Gasteiger partial charge in [0.25, 0.3) is 5.91 Å². The highest BCUT2D eigenvalue weighted by Gasteiger charge is 2.28. The smallest absolute Gasteiger partial charge is 0.255 e. The lowest BCUT2D eigenvalue weighted by molar-refractivity contribution is -0.0387. The van der Waals surface area contributed by atoms with Crippen LogP contribution < -0.4 is 4.74 Å². The molecular formula is C13H18N2O3. The fourth-order valence-corrected chi connectivity index (χ4v) is 1.98. The van der Waals surface area contributed by atoms with E-state index >= 15 is 0 Å². The monoisotopic (exact) mass is 250 g/mol. The lowest BCUT2D eigenvalue weighted by Crippen LogP contribution is -2.50. The van der Waals surface area contributed by atoms with Crippen LogP contribution >= 0.6 is 0 Å². The molecule has 2 heterocycles. The van der Waals surface area contributed by atoms with Crippen molar-refractivity contribution < 1.29 is 14.3 Å². The Morgan fingerprint density at radius 3 is 2.89 bits per heavy atom. The second-order valence-corrected chi connectivity index (χ2v) is 4.54. The molecule has 1 saturated heterocycles. The summed E-state index contributed by atoms with van der Waals surface area (Å²) < 4.78 is 10.5. The molecule has 2 rings (SSSR count). The molecule has 1 aromatic rings. The SMILES string of the molecule is COc1ccc(C(=O)N2CC(C)OCC2C)cn1. The van der Waals surface area contributed by atoms with Gasteiger partial charge in [-0.15, -0.1) is 0 Å². The van der Waals surface area contributed by atoms with Crippen LogP contribution in [0.2, 0.25) is 0 Å². The van der Waals surface area contributed by atoms with Gasteiger partial charge < -0.3 is 14.4 Å². The normalized spacial score (nSPS) is 23.8. The topological polar surface area (TPSA) is 51.7 Å². The van der Waals surface area contributed by atoms with Crippen molar-refractivity contribution in [1.82, 2.24) is 9.88 Å². The van der Waals surface area contributed by atoms with E-state index in [9.17, 15) is 4.79 Å². The van der Waals surface area contributed by atoms with Crippen molar-refractivity contribution in [2.24, 2.45) is 0 Å². The molecule has 0 N–H and O–H groups in total. The van der Waals surface area contributed by atoms with E-state index in [4.69, 9.17) is 9.47 Å². The maximum absolute atomic E-state index is 12.3. The average molecular weight is 250 g/mol. The number of hydrogen-bond donors (Lipinski definition) is 0. The third-order valence-corrected chi connectivity index (χ3v) is 3.06. The third kappa shape index (κ3) is 2.61. The molecule has 1 aliphatic rings. The van der Waals surface area contributed by atoms with E-state index in [1.165, 1.54) is 0 Å². The first-order chi connectivity index (χ1) is 8.61. The number of nitrogens with zero attached hydrogens (tertiary/aromatic N) is 2. The lowest BCUT2D eigenvalue weighted by atomic mass is 10.1. The van der Waals surface area contributed by atoms with Gasteiger partial charge in [-0.05, 0) is 19.9 Å². The van der Waals surface area contributed by atoms with Crippen molar-refractivity contribution in [3.05, 3.63) is 23.9 Å². The van der Waals surface area contributed by atoms with E-state index < -0.39 is 0 Å². The third-order valence-electron chi connectivity index (χ3n) is 3.06. The molecule has 2 atom stereocenters. The molecule has 0 spiro atoms. The van der Waals surface area contributed by atoms with Crippen molar-refractivity contribution in [3.63, 3.8) is 0 Å². The lowest BCUT2D eigenvalue weighted by Gasteiger charge is -2.36. The summed E-state index contributed by atoms with van der Waals surface area (Å²) in [6.07, 6.45) is 1.63. The van der Waals surface area contributed by atoms with Gasteiger partial charge in [-0.3, -0.25) is 4.79 Å². The minimum Gasteiger partial charge on any atom is -0.481 e. The fourth-order valence-electron chi connectivity index (χ4n) is 1.98.